The number of carbonyl (C=O) groups is 2. The monoisotopic (exact) mass is 542 g/mol. The first-order valence-electron chi connectivity index (χ1n) is 10.1. The first kappa shape index (κ1) is 24.6. The lowest BCUT2D eigenvalue weighted by atomic mass is 10.1. The molecule has 1 atom stereocenters. The molecule has 30 heavy (non-hydrogen) atoms. The smallest absolute Gasteiger partial charge is 0.303 e. The summed E-state index contributed by atoms with van der Waals surface area (Å²) in [6.07, 6.45) is 1.91. The largest absolute Gasteiger partial charge is 0.481 e. The van der Waals surface area contributed by atoms with Gasteiger partial charge in [0.05, 0.1) is 6.42 Å². The lowest BCUT2D eigenvalue weighted by Gasteiger charge is -2.29. The van der Waals surface area contributed by atoms with Crippen molar-refractivity contribution in [3.63, 3.8) is 0 Å². The number of nitrogens with zero attached hydrogens (tertiary/aromatic N) is 1. The Morgan fingerprint density at radius 2 is 1.83 bits per heavy atom. The van der Waals surface area contributed by atoms with Crippen molar-refractivity contribution in [2.24, 2.45) is 0 Å². The summed E-state index contributed by atoms with van der Waals surface area (Å²) >= 11 is 8.23. The molecule has 0 aliphatic heterocycles. The maximum atomic E-state index is 12.2. The Morgan fingerprint density at radius 1 is 1.13 bits per heavy atom. The lowest BCUT2D eigenvalue weighted by Crippen LogP contribution is -2.33. The summed E-state index contributed by atoms with van der Waals surface area (Å²) in [6, 6.07) is 15.8. The van der Waals surface area contributed by atoms with Gasteiger partial charge in [-0.1, -0.05) is 35.9 Å². The molecule has 0 aromatic heterocycles. The molecule has 2 aromatic carbocycles. The van der Waals surface area contributed by atoms with E-state index >= 15 is 0 Å². The van der Waals surface area contributed by atoms with E-state index in [-0.39, 0.29) is 18.4 Å². The Hall–Kier alpha value is -1.64. The molecule has 2 aromatic rings. The van der Waals surface area contributed by atoms with Gasteiger partial charge in [0.25, 0.3) is 0 Å². The van der Waals surface area contributed by atoms with E-state index in [1.807, 2.05) is 48.5 Å². The minimum Gasteiger partial charge on any atom is -0.481 e. The minimum absolute atomic E-state index is 0.0141. The van der Waals surface area contributed by atoms with E-state index in [1.54, 1.807) is 0 Å². The molecule has 0 aliphatic rings. The summed E-state index contributed by atoms with van der Waals surface area (Å²) in [7, 11) is 0. The van der Waals surface area contributed by atoms with E-state index in [0.29, 0.717) is 31.0 Å². The quantitative estimate of drug-likeness (QED) is 0.295. The van der Waals surface area contributed by atoms with Crippen molar-refractivity contribution in [1.29, 1.82) is 0 Å². The zero-order valence-electron chi connectivity index (χ0n) is 17.1. The summed E-state index contributed by atoms with van der Waals surface area (Å²) in [4.78, 5) is 25.3. The van der Waals surface area contributed by atoms with Gasteiger partial charge >= 0.3 is 5.97 Å². The molecule has 0 saturated heterocycles. The Bertz CT molecular complexity index is 829. The third-order valence-corrected chi connectivity index (χ3v) is 5.86. The third kappa shape index (κ3) is 9.02. The number of halogens is 2. The second-order valence-electron chi connectivity index (χ2n) is 7.27. The van der Waals surface area contributed by atoms with Crippen LogP contribution in [0.15, 0.2) is 48.5 Å². The molecule has 1 unspecified atom stereocenters. The van der Waals surface area contributed by atoms with Crippen LogP contribution in [-0.2, 0) is 16.0 Å². The van der Waals surface area contributed by atoms with Gasteiger partial charge in [-0.05, 0) is 84.3 Å². The fourth-order valence-corrected chi connectivity index (χ4v) is 4.02. The van der Waals surface area contributed by atoms with Crippen LogP contribution in [0.1, 0.15) is 43.4 Å². The highest BCUT2D eigenvalue weighted by Gasteiger charge is 2.16. The SMILES string of the molecule is CC(c1ccc(Cl)cc1)N(CCCNC(=O)Cc1cccc(I)c1)CCCC(=O)O. The molecule has 0 bridgehead atoms. The fraction of sp³-hybridized carbons (Fsp3) is 0.391. The van der Waals surface area contributed by atoms with Crippen LogP contribution in [0, 0.1) is 3.57 Å². The Balaban J connectivity index is 1.84. The molecule has 2 rings (SSSR count). The summed E-state index contributed by atoms with van der Waals surface area (Å²) in [5.74, 6) is -0.767. The van der Waals surface area contributed by atoms with E-state index in [2.05, 4.69) is 39.7 Å². The number of carboxylic acids is 1. The van der Waals surface area contributed by atoms with Gasteiger partial charge < -0.3 is 10.4 Å². The molecular formula is C23H28ClIN2O3. The summed E-state index contributed by atoms with van der Waals surface area (Å²) in [6.45, 7) is 4.16. The zero-order chi connectivity index (χ0) is 21.9. The second kappa shape index (κ2) is 12.9. The Morgan fingerprint density at radius 3 is 2.50 bits per heavy atom. The van der Waals surface area contributed by atoms with Crippen LogP contribution in [0.4, 0.5) is 0 Å². The first-order chi connectivity index (χ1) is 14.3. The van der Waals surface area contributed by atoms with E-state index in [0.717, 1.165) is 27.7 Å². The fourth-order valence-electron chi connectivity index (χ4n) is 3.29. The summed E-state index contributed by atoms with van der Waals surface area (Å²) < 4.78 is 1.12. The van der Waals surface area contributed by atoms with Gasteiger partial charge in [-0.15, -0.1) is 0 Å². The highest BCUT2D eigenvalue weighted by molar-refractivity contribution is 14.1. The van der Waals surface area contributed by atoms with Gasteiger partial charge in [0, 0.05) is 34.1 Å². The number of hydrogen-bond acceptors (Lipinski definition) is 3. The summed E-state index contributed by atoms with van der Waals surface area (Å²) in [5.41, 5.74) is 2.14. The van der Waals surface area contributed by atoms with Crippen molar-refractivity contribution in [3.05, 3.63) is 68.3 Å². The molecule has 1 amide bonds. The van der Waals surface area contributed by atoms with Gasteiger partial charge in [-0.3, -0.25) is 14.5 Å². The number of rotatable bonds is 12. The maximum Gasteiger partial charge on any atom is 0.303 e. The topological polar surface area (TPSA) is 69.6 Å². The van der Waals surface area contributed by atoms with Crippen LogP contribution < -0.4 is 5.32 Å². The van der Waals surface area contributed by atoms with E-state index in [4.69, 9.17) is 16.7 Å². The number of carboxylic acid groups (broad SMARTS) is 1. The van der Waals surface area contributed by atoms with Crippen LogP contribution in [0.2, 0.25) is 5.02 Å². The molecule has 0 spiro atoms. The average Bonchev–Trinajstić information content (AvgIpc) is 2.69. The Kier molecular flexibility index (Phi) is 10.6. The van der Waals surface area contributed by atoms with Crippen molar-refractivity contribution in [2.75, 3.05) is 19.6 Å². The van der Waals surface area contributed by atoms with Crippen LogP contribution in [-0.4, -0.2) is 41.5 Å². The average molecular weight is 543 g/mol. The van der Waals surface area contributed by atoms with Crippen LogP contribution in [0.5, 0.6) is 0 Å². The standard InChI is InChI=1S/C23H28ClIN2O3/c1-17(19-8-10-20(24)11-9-19)27(13-3-7-23(29)30)14-4-12-26-22(28)16-18-5-2-6-21(25)15-18/h2,5-6,8-11,15,17H,3-4,7,12-14,16H2,1H3,(H,26,28)(H,29,30). The first-order valence-corrected chi connectivity index (χ1v) is 11.5. The van der Waals surface area contributed by atoms with Crippen molar-refractivity contribution >= 4 is 46.1 Å². The highest BCUT2D eigenvalue weighted by Crippen LogP contribution is 2.22. The number of nitrogens with one attached hydrogen (secondary N) is 1. The van der Waals surface area contributed by atoms with Gasteiger partial charge in [0.2, 0.25) is 5.91 Å². The minimum atomic E-state index is -0.781. The number of carbonyl (C=O) groups excluding carboxylic acids is 1. The molecule has 0 radical (unpaired) electrons. The number of amides is 1. The zero-order valence-corrected chi connectivity index (χ0v) is 20.0. The van der Waals surface area contributed by atoms with E-state index in [9.17, 15) is 9.59 Å². The van der Waals surface area contributed by atoms with Crippen molar-refractivity contribution in [1.82, 2.24) is 10.2 Å². The predicted octanol–water partition coefficient (Wildman–Crippen LogP) is 4.92. The molecule has 2 N–H and O–H groups in total. The molecule has 0 heterocycles. The van der Waals surface area contributed by atoms with Crippen LogP contribution >= 0.6 is 34.2 Å². The summed E-state index contributed by atoms with van der Waals surface area (Å²) in [5, 5.41) is 12.6. The normalized spacial score (nSPS) is 12.0. The van der Waals surface area contributed by atoms with Gasteiger partial charge in [-0.25, -0.2) is 0 Å². The molecular weight excluding hydrogens is 515 g/mol. The number of aliphatic carboxylic acids is 1. The molecule has 162 valence electrons. The molecule has 5 nitrogen and oxygen atoms in total. The van der Waals surface area contributed by atoms with E-state index < -0.39 is 5.97 Å². The predicted molar refractivity (Wildman–Crippen MR) is 129 cm³/mol. The molecule has 7 heteroatoms. The van der Waals surface area contributed by atoms with Crippen molar-refractivity contribution in [2.45, 2.75) is 38.6 Å². The lowest BCUT2D eigenvalue weighted by molar-refractivity contribution is -0.137. The van der Waals surface area contributed by atoms with Crippen molar-refractivity contribution < 1.29 is 14.7 Å². The van der Waals surface area contributed by atoms with Gasteiger partial charge in [0.15, 0.2) is 0 Å². The molecule has 0 fully saturated rings. The number of hydrogen-bond donors (Lipinski definition) is 2. The van der Waals surface area contributed by atoms with Crippen LogP contribution in [0.3, 0.4) is 0 Å². The highest BCUT2D eigenvalue weighted by atomic mass is 127. The number of benzene rings is 2. The van der Waals surface area contributed by atoms with Gasteiger partial charge in [-0.2, -0.15) is 0 Å². The second-order valence-corrected chi connectivity index (χ2v) is 8.95. The molecule has 0 aliphatic carbocycles. The van der Waals surface area contributed by atoms with Crippen LogP contribution in [0.25, 0.3) is 0 Å². The van der Waals surface area contributed by atoms with Gasteiger partial charge in [0.1, 0.15) is 0 Å². The third-order valence-electron chi connectivity index (χ3n) is 4.93. The maximum absolute atomic E-state index is 12.2. The Labute approximate surface area is 196 Å². The molecule has 0 saturated carbocycles. The van der Waals surface area contributed by atoms with Crippen molar-refractivity contribution in [3.8, 4) is 0 Å². The van der Waals surface area contributed by atoms with E-state index in [1.165, 1.54) is 0 Å².